The maximum absolute atomic E-state index is 12.1. The molecule has 0 bridgehead atoms. The normalized spacial score (nSPS) is 13.9. The number of nitrogen functional groups attached to an aromatic ring is 1. The van der Waals surface area contributed by atoms with E-state index in [1.165, 1.54) is 0 Å². The predicted octanol–water partition coefficient (Wildman–Crippen LogP) is 1.65. The smallest absolute Gasteiger partial charge is 0.227 e. The summed E-state index contributed by atoms with van der Waals surface area (Å²) in [5.41, 5.74) is 7.28. The fourth-order valence-corrected chi connectivity index (χ4v) is 1.84. The number of rotatable bonds is 6. The van der Waals surface area contributed by atoms with E-state index in [1.54, 1.807) is 6.07 Å². The van der Waals surface area contributed by atoms with Crippen LogP contribution in [0.25, 0.3) is 0 Å². The number of carbonyl (C=O) groups excluding carboxylic acids is 1. The van der Waals surface area contributed by atoms with E-state index in [2.05, 4.69) is 5.32 Å². The second-order valence-corrected chi connectivity index (χ2v) is 4.52. The van der Waals surface area contributed by atoms with Gasteiger partial charge in [0.25, 0.3) is 0 Å². The Morgan fingerprint density at radius 3 is 2.78 bits per heavy atom. The van der Waals surface area contributed by atoms with Crippen LogP contribution in [0.1, 0.15) is 38.2 Å². The zero-order chi connectivity index (χ0) is 13.5. The summed E-state index contributed by atoms with van der Waals surface area (Å²) in [5.74, 6) is -0.262. The van der Waals surface area contributed by atoms with Gasteiger partial charge in [0.05, 0.1) is 5.92 Å². The van der Waals surface area contributed by atoms with Crippen molar-refractivity contribution in [1.82, 2.24) is 5.32 Å². The fourth-order valence-electron chi connectivity index (χ4n) is 1.84. The van der Waals surface area contributed by atoms with E-state index in [0.29, 0.717) is 12.1 Å². The Balaban J connectivity index is 2.66. The average molecular weight is 250 g/mol. The summed E-state index contributed by atoms with van der Waals surface area (Å²) < 4.78 is 0. The van der Waals surface area contributed by atoms with E-state index < -0.39 is 0 Å². The first-order valence-electron chi connectivity index (χ1n) is 6.35. The van der Waals surface area contributed by atoms with Gasteiger partial charge in [0.1, 0.15) is 0 Å². The van der Waals surface area contributed by atoms with Crippen LogP contribution in [0.3, 0.4) is 0 Å². The lowest BCUT2D eigenvalue weighted by Gasteiger charge is -2.19. The van der Waals surface area contributed by atoms with E-state index >= 15 is 0 Å². The average Bonchev–Trinajstić information content (AvgIpc) is 2.37. The first-order chi connectivity index (χ1) is 8.58. The molecule has 4 N–H and O–H groups in total. The number of amides is 1. The second-order valence-electron chi connectivity index (χ2n) is 4.52. The van der Waals surface area contributed by atoms with Crippen molar-refractivity contribution >= 4 is 11.6 Å². The lowest BCUT2D eigenvalue weighted by molar-refractivity contribution is -0.123. The van der Waals surface area contributed by atoms with Crippen molar-refractivity contribution in [2.75, 3.05) is 12.3 Å². The summed E-state index contributed by atoms with van der Waals surface area (Å²) in [6.07, 6.45) is 1.40. The molecule has 0 aliphatic rings. The quantitative estimate of drug-likeness (QED) is 0.672. The maximum Gasteiger partial charge on any atom is 0.227 e. The van der Waals surface area contributed by atoms with Gasteiger partial charge in [-0.05, 0) is 37.5 Å². The van der Waals surface area contributed by atoms with Crippen molar-refractivity contribution in [2.45, 2.75) is 38.6 Å². The summed E-state index contributed by atoms with van der Waals surface area (Å²) in [6, 6.07) is 7.39. The Bertz CT molecular complexity index is 393. The molecule has 0 radical (unpaired) electrons. The van der Waals surface area contributed by atoms with Crippen molar-refractivity contribution in [3.63, 3.8) is 0 Å². The molecule has 0 saturated heterocycles. The lowest BCUT2D eigenvalue weighted by atomic mass is 9.99. The zero-order valence-electron chi connectivity index (χ0n) is 11.0. The van der Waals surface area contributed by atoms with E-state index in [4.69, 9.17) is 10.8 Å². The van der Waals surface area contributed by atoms with Gasteiger partial charge in [-0.3, -0.25) is 4.79 Å². The molecule has 1 rings (SSSR count). The van der Waals surface area contributed by atoms with E-state index in [0.717, 1.165) is 12.0 Å². The summed E-state index contributed by atoms with van der Waals surface area (Å²) >= 11 is 0. The molecule has 4 nitrogen and oxygen atoms in total. The number of nitrogens with two attached hydrogens (primary N) is 1. The van der Waals surface area contributed by atoms with E-state index in [9.17, 15) is 4.79 Å². The highest BCUT2D eigenvalue weighted by Crippen LogP contribution is 2.18. The molecule has 0 heterocycles. The molecular weight excluding hydrogens is 228 g/mol. The third-order valence-electron chi connectivity index (χ3n) is 3.12. The van der Waals surface area contributed by atoms with Crippen LogP contribution >= 0.6 is 0 Å². The SMILES string of the molecule is CCC(CCO)NC(=O)C(C)c1cccc(N)c1. The van der Waals surface area contributed by atoms with Crippen molar-refractivity contribution in [2.24, 2.45) is 0 Å². The molecule has 4 heteroatoms. The number of benzene rings is 1. The van der Waals surface area contributed by atoms with Crippen LogP contribution in [0.15, 0.2) is 24.3 Å². The van der Waals surface area contributed by atoms with Gasteiger partial charge in [-0.2, -0.15) is 0 Å². The molecule has 18 heavy (non-hydrogen) atoms. The van der Waals surface area contributed by atoms with Crippen LogP contribution in [0.4, 0.5) is 5.69 Å². The lowest BCUT2D eigenvalue weighted by Crippen LogP contribution is -2.37. The highest BCUT2D eigenvalue weighted by molar-refractivity contribution is 5.83. The van der Waals surface area contributed by atoms with Crippen molar-refractivity contribution in [3.05, 3.63) is 29.8 Å². The molecule has 0 saturated carbocycles. The standard InChI is InChI=1S/C14H22N2O2/c1-3-13(7-8-17)16-14(18)10(2)11-5-4-6-12(15)9-11/h4-6,9-10,13,17H,3,7-8,15H2,1-2H3,(H,16,18). The number of aliphatic hydroxyl groups excluding tert-OH is 1. The number of carbonyl (C=O) groups is 1. The Hall–Kier alpha value is -1.55. The van der Waals surface area contributed by atoms with Crippen LogP contribution in [0, 0.1) is 0 Å². The van der Waals surface area contributed by atoms with Gasteiger partial charge < -0.3 is 16.2 Å². The topological polar surface area (TPSA) is 75.3 Å². The van der Waals surface area contributed by atoms with Crippen LogP contribution in [0.5, 0.6) is 0 Å². The van der Waals surface area contributed by atoms with Gasteiger partial charge in [-0.1, -0.05) is 19.1 Å². The summed E-state index contributed by atoms with van der Waals surface area (Å²) in [5, 5.41) is 11.9. The third-order valence-corrected chi connectivity index (χ3v) is 3.12. The van der Waals surface area contributed by atoms with Crippen LogP contribution < -0.4 is 11.1 Å². The largest absolute Gasteiger partial charge is 0.399 e. The highest BCUT2D eigenvalue weighted by Gasteiger charge is 2.18. The maximum atomic E-state index is 12.1. The second kappa shape index (κ2) is 7.01. The van der Waals surface area contributed by atoms with Gasteiger partial charge in [0.2, 0.25) is 5.91 Å². The number of anilines is 1. The Labute approximate surface area is 108 Å². The molecule has 1 aromatic carbocycles. The molecule has 2 atom stereocenters. The molecular formula is C14H22N2O2. The molecule has 1 amide bonds. The summed E-state index contributed by atoms with van der Waals surface area (Å²) in [4.78, 5) is 12.1. The van der Waals surface area contributed by atoms with Crippen LogP contribution in [-0.4, -0.2) is 23.7 Å². The number of aliphatic hydroxyl groups is 1. The fraction of sp³-hybridized carbons (Fsp3) is 0.500. The van der Waals surface area contributed by atoms with E-state index in [-0.39, 0.29) is 24.5 Å². The molecule has 2 unspecified atom stereocenters. The minimum atomic E-state index is -0.235. The monoisotopic (exact) mass is 250 g/mol. The van der Waals surface area contributed by atoms with Crippen molar-refractivity contribution in [1.29, 1.82) is 0 Å². The number of nitrogens with one attached hydrogen (secondary N) is 1. The Kier molecular flexibility index (Phi) is 5.65. The number of hydrogen-bond donors (Lipinski definition) is 3. The molecule has 0 aliphatic heterocycles. The Morgan fingerprint density at radius 1 is 1.50 bits per heavy atom. The van der Waals surface area contributed by atoms with Gasteiger partial charge in [0, 0.05) is 18.3 Å². The summed E-state index contributed by atoms with van der Waals surface area (Å²) in [6.45, 7) is 3.94. The predicted molar refractivity (Wildman–Crippen MR) is 73.2 cm³/mol. The van der Waals surface area contributed by atoms with Crippen LogP contribution in [-0.2, 0) is 4.79 Å². The Morgan fingerprint density at radius 2 is 2.22 bits per heavy atom. The molecule has 0 spiro atoms. The number of hydrogen-bond acceptors (Lipinski definition) is 3. The van der Waals surface area contributed by atoms with Crippen molar-refractivity contribution < 1.29 is 9.90 Å². The molecule has 0 aliphatic carbocycles. The van der Waals surface area contributed by atoms with E-state index in [1.807, 2.05) is 32.0 Å². The molecule has 1 aromatic rings. The first-order valence-corrected chi connectivity index (χ1v) is 6.35. The van der Waals surface area contributed by atoms with Crippen molar-refractivity contribution in [3.8, 4) is 0 Å². The zero-order valence-corrected chi connectivity index (χ0v) is 11.0. The molecule has 0 fully saturated rings. The summed E-state index contributed by atoms with van der Waals surface area (Å²) in [7, 11) is 0. The minimum absolute atomic E-state index is 0.0269. The van der Waals surface area contributed by atoms with Crippen LogP contribution in [0.2, 0.25) is 0 Å². The van der Waals surface area contributed by atoms with Gasteiger partial charge in [-0.15, -0.1) is 0 Å². The third kappa shape index (κ3) is 4.04. The first kappa shape index (κ1) is 14.5. The van der Waals surface area contributed by atoms with Gasteiger partial charge in [-0.25, -0.2) is 0 Å². The van der Waals surface area contributed by atoms with Gasteiger partial charge in [0.15, 0.2) is 0 Å². The molecule has 0 aromatic heterocycles. The van der Waals surface area contributed by atoms with Gasteiger partial charge >= 0.3 is 0 Å². The molecule has 100 valence electrons. The minimum Gasteiger partial charge on any atom is -0.399 e. The highest BCUT2D eigenvalue weighted by atomic mass is 16.3.